The van der Waals surface area contributed by atoms with Gasteiger partial charge in [0.1, 0.15) is 42.1 Å². The topological polar surface area (TPSA) is 294 Å². The zero-order valence-corrected chi connectivity index (χ0v) is 31.5. The first-order chi connectivity index (χ1) is 24.2. The first-order valence-corrected chi connectivity index (χ1v) is 18.5. The van der Waals surface area contributed by atoms with Crippen LogP contribution in [0.25, 0.3) is 0 Å². The van der Waals surface area contributed by atoms with Crippen LogP contribution >= 0.6 is 11.8 Å². The van der Waals surface area contributed by atoms with E-state index in [1.165, 1.54) is 43.0 Å². The fourth-order valence-electron chi connectivity index (χ4n) is 4.97. The van der Waals surface area contributed by atoms with E-state index >= 15 is 0 Å². The van der Waals surface area contributed by atoms with E-state index in [1.54, 1.807) is 20.1 Å². The summed E-state index contributed by atoms with van der Waals surface area (Å²) in [6.45, 7) is 8.51. The number of phenols is 1. The van der Waals surface area contributed by atoms with E-state index in [9.17, 15) is 48.9 Å². The molecule has 292 valence electrons. The van der Waals surface area contributed by atoms with Gasteiger partial charge in [-0.05, 0) is 67.7 Å². The number of amides is 6. The van der Waals surface area contributed by atoms with Crippen LogP contribution in [0.1, 0.15) is 65.9 Å². The Kier molecular flexibility index (Phi) is 19.7. The summed E-state index contributed by atoms with van der Waals surface area (Å²) in [4.78, 5) is 90.6. The minimum Gasteiger partial charge on any atom is -0.508 e. The van der Waals surface area contributed by atoms with Crippen molar-refractivity contribution in [1.82, 2.24) is 26.6 Å². The van der Waals surface area contributed by atoms with Gasteiger partial charge in [-0.2, -0.15) is 11.8 Å². The predicted octanol–water partition coefficient (Wildman–Crippen LogP) is -1.84. The summed E-state index contributed by atoms with van der Waals surface area (Å²) in [7, 11) is 0. The number of aliphatic hydroxyl groups excluding tert-OH is 1. The standard InChI is InChI=1S/C34H55N7O10S/c1-17(2)13-23(38-32(48)25(16-27(35)44)40-33(49)28(36)19(5)42)30(46)39-24(15-20-7-9-21(43)10-8-20)31(47)37-22(11-12-52-6)29(45)41-26(34(50)51)14-18(3)4/h7-10,17-19,22-26,28,42-43H,11-16,36H2,1-6H3,(H2,35,44)(H,37,47)(H,38,48)(H,39,46)(H,40,49)(H,41,45)(H,50,51)/p+1/t19-,22+,23+,24+,25+,26+,28+/m1/s1. The first-order valence-electron chi connectivity index (χ1n) is 17.1. The zero-order chi connectivity index (χ0) is 39.7. The van der Waals surface area contributed by atoms with E-state index in [-0.39, 0.29) is 43.3 Å². The number of aliphatic hydroxyl groups is 1. The molecule has 17 nitrogen and oxygen atoms in total. The van der Waals surface area contributed by atoms with E-state index in [1.807, 2.05) is 13.8 Å². The number of hydrogen-bond acceptors (Lipinski definition) is 10. The van der Waals surface area contributed by atoms with Crippen molar-refractivity contribution in [2.45, 2.75) is 109 Å². The van der Waals surface area contributed by atoms with Gasteiger partial charge >= 0.3 is 5.97 Å². The van der Waals surface area contributed by atoms with Crippen molar-refractivity contribution in [2.24, 2.45) is 17.6 Å². The van der Waals surface area contributed by atoms with E-state index in [0.29, 0.717) is 11.3 Å². The Balaban J connectivity index is 3.42. The molecule has 7 atom stereocenters. The lowest BCUT2D eigenvalue weighted by molar-refractivity contribution is -0.419. The Morgan fingerprint density at radius 2 is 1.15 bits per heavy atom. The molecule has 0 aromatic heterocycles. The maximum absolute atomic E-state index is 13.9. The summed E-state index contributed by atoms with van der Waals surface area (Å²) in [6.07, 6.45) is 0.286. The molecule has 1 aromatic carbocycles. The average Bonchev–Trinajstić information content (AvgIpc) is 3.04. The summed E-state index contributed by atoms with van der Waals surface area (Å²) in [5.41, 5.74) is 9.39. The van der Waals surface area contributed by atoms with Crippen molar-refractivity contribution in [3.05, 3.63) is 29.8 Å². The monoisotopic (exact) mass is 754 g/mol. The maximum Gasteiger partial charge on any atom is 0.326 e. The minimum atomic E-state index is -1.51. The van der Waals surface area contributed by atoms with Gasteiger partial charge in [0, 0.05) is 6.42 Å². The summed E-state index contributed by atoms with van der Waals surface area (Å²) in [5, 5.41) is 41.9. The molecule has 0 bridgehead atoms. The molecule has 0 aliphatic carbocycles. The molecular formula is C34H56N7O10S+. The van der Waals surface area contributed by atoms with Crippen LogP contribution in [0.5, 0.6) is 5.75 Å². The Morgan fingerprint density at radius 3 is 1.65 bits per heavy atom. The Hall–Kier alpha value is -4.42. The van der Waals surface area contributed by atoms with Crippen LogP contribution in [0.2, 0.25) is 0 Å². The van der Waals surface area contributed by atoms with Crippen LogP contribution in [0.3, 0.4) is 0 Å². The van der Waals surface area contributed by atoms with Crippen molar-refractivity contribution >= 4 is 53.2 Å². The molecule has 6 amide bonds. The van der Waals surface area contributed by atoms with Crippen LogP contribution in [0, 0.1) is 11.8 Å². The SMILES string of the molecule is CSCC[C@H](NC(=O)[C@H](Cc1ccc(O)cc1)NC(=O)[C@H](CC(C)C)NC(=O)[C@H](CC(N)=O)NC(=O)[C@@H]([NH3+])[C@@H](C)O)C(=O)N[C@@H](CC(C)C)C(=O)O. The van der Waals surface area contributed by atoms with E-state index < -0.39 is 90.2 Å². The number of aliphatic carboxylic acids is 1. The van der Waals surface area contributed by atoms with Crippen LogP contribution in [-0.4, -0.2) is 111 Å². The molecule has 13 N–H and O–H groups in total. The molecule has 0 unspecified atom stereocenters. The number of rotatable bonds is 23. The van der Waals surface area contributed by atoms with Crippen LogP contribution in [-0.2, 0) is 40.0 Å². The third-order valence-electron chi connectivity index (χ3n) is 7.87. The Labute approximate surface area is 308 Å². The molecule has 0 aliphatic rings. The number of quaternary nitrogens is 1. The number of phenolic OH excluding ortho intramolecular Hbond substituents is 1. The Bertz CT molecular complexity index is 1380. The average molecular weight is 755 g/mol. The summed E-state index contributed by atoms with van der Waals surface area (Å²) in [5.74, 6) is -5.98. The second kappa shape index (κ2) is 22.5. The molecule has 0 saturated carbocycles. The number of carbonyl (C=O) groups is 7. The first kappa shape index (κ1) is 45.6. The lowest BCUT2D eigenvalue weighted by atomic mass is 10.00. The van der Waals surface area contributed by atoms with Gasteiger partial charge in [-0.1, -0.05) is 39.8 Å². The minimum absolute atomic E-state index is 0.0343. The highest BCUT2D eigenvalue weighted by atomic mass is 32.2. The van der Waals surface area contributed by atoms with Gasteiger partial charge < -0.3 is 53.4 Å². The smallest absolute Gasteiger partial charge is 0.326 e. The van der Waals surface area contributed by atoms with Crippen LogP contribution < -0.4 is 38.1 Å². The number of nitrogens with one attached hydrogen (secondary N) is 5. The molecule has 52 heavy (non-hydrogen) atoms. The third-order valence-corrected chi connectivity index (χ3v) is 8.52. The highest BCUT2D eigenvalue weighted by Crippen LogP contribution is 2.14. The normalized spacial score (nSPS) is 15.3. The van der Waals surface area contributed by atoms with E-state index in [0.717, 1.165) is 0 Å². The predicted molar refractivity (Wildman–Crippen MR) is 193 cm³/mol. The number of carboxylic acid groups (broad SMARTS) is 1. The third kappa shape index (κ3) is 16.7. The number of hydrogen-bond donors (Lipinski definition) is 10. The number of primary amides is 1. The van der Waals surface area contributed by atoms with E-state index in [4.69, 9.17) is 5.73 Å². The molecule has 18 heteroatoms. The second-order valence-corrected chi connectivity index (χ2v) is 14.6. The molecule has 0 heterocycles. The van der Waals surface area contributed by atoms with Crippen LogP contribution in [0.4, 0.5) is 0 Å². The van der Waals surface area contributed by atoms with Gasteiger partial charge in [-0.15, -0.1) is 0 Å². The molecule has 0 radical (unpaired) electrons. The number of carbonyl (C=O) groups excluding carboxylic acids is 6. The highest BCUT2D eigenvalue weighted by Gasteiger charge is 2.34. The zero-order valence-electron chi connectivity index (χ0n) is 30.6. The van der Waals surface area contributed by atoms with Crippen molar-refractivity contribution in [3.63, 3.8) is 0 Å². The molecule has 0 aliphatic heterocycles. The van der Waals surface area contributed by atoms with Gasteiger partial charge in [0.05, 0.1) is 6.42 Å². The lowest BCUT2D eigenvalue weighted by Crippen LogP contribution is -2.73. The quantitative estimate of drug-likeness (QED) is 0.0592. The largest absolute Gasteiger partial charge is 0.508 e. The summed E-state index contributed by atoms with van der Waals surface area (Å²) in [6, 6.07) is -1.76. The van der Waals surface area contributed by atoms with Crippen molar-refractivity contribution < 1.29 is 54.6 Å². The fraction of sp³-hybridized carbons (Fsp3) is 0.618. The van der Waals surface area contributed by atoms with Crippen molar-refractivity contribution in [1.29, 1.82) is 0 Å². The number of nitrogens with two attached hydrogens (primary N) is 1. The second-order valence-electron chi connectivity index (χ2n) is 13.6. The molecule has 0 saturated heterocycles. The van der Waals surface area contributed by atoms with E-state index in [2.05, 4.69) is 32.3 Å². The van der Waals surface area contributed by atoms with Gasteiger partial charge in [-0.25, -0.2) is 4.79 Å². The molecule has 1 aromatic rings. The Morgan fingerprint density at radius 1 is 0.712 bits per heavy atom. The van der Waals surface area contributed by atoms with Gasteiger partial charge in [-0.3, -0.25) is 28.8 Å². The lowest BCUT2D eigenvalue weighted by Gasteiger charge is -2.28. The summed E-state index contributed by atoms with van der Waals surface area (Å²) >= 11 is 1.41. The molecule has 0 spiro atoms. The molecule has 0 fully saturated rings. The number of thioether (sulfide) groups is 1. The van der Waals surface area contributed by atoms with Crippen molar-refractivity contribution in [2.75, 3.05) is 12.0 Å². The highest BCUT2D eigenvalue weighted by molar-refractivity contribution is 7.98. The van der Waals surface area contributed by atoms with Crippen LogP contribution in [0.15, 0.2) is 24.3 Å². The van der Waals surface area contributed by atoms with Gasteiger partial charge in [0.25, 0.3) is 5.91 Å². The molecular weight excluding hydrogens is 698 g/mol. The molecule has 1 rings (SSSR count). The number of aromatic hydroxyl groups is 1. The van der Waals surface area contributed by atoms with Crippen molar-refractivity contribution in [3.8, 4) is 5.75 Å². The van der Waals surface area contributed by atoms with Gasteiger partial charge in [0.2, 0.25) is 29.5 Å². The number of carboxylic acids is 1. The fourth-order valence-corrected chi connectivity index (χ4v) is 5.45. The maximum atomic E-state index is 13.9. The van der Waals surface area contributed by atoms with Gasteiger partial charge in [0.15, 0.2) is 6.04 Å². The summed E-state index contributed by atoms with van der Waals surface area (Å²) < 4.78 is 0. The number of benzene rings is 1.